The van der Waals surface area contributed by atoms with E-state index in [9.17, 15) is 0 Å². The van der Waals surface area contributed by atoms with Gasteiger partial charge >= 0.3 is 0 Å². The van der Waals surface area contributed by atoms with Crippen LogP contribution in [0, 0.1) is 18.3 Å². The number of H-pyrrole nitrogens is 1. The van der Waals surface area contributed by atoms with Crippen molar-refractivity contribution in [3.05, 3.63) is 17.0 Å². The summed E-state index contributed by atoms with van der Waals surface area (Å²) < 4.78 is 0. The summed E-state index contributed by atoms with van der Waals surface area (Å²) in [5.41, 5.74) is 4.72. The molecule has 12 heavy (non-hydrogen) atoms. The molecule has 1 aromatic heterocycles. The molecular weight excluding hydrogens is 148 g/mol. The van der Waals surface area contributed by atoms with E-state index < -0.39 is 0 Å². The molecule has 1 saturated carbocycles. The van der Waals surface area contributed by atoms with Crippen LogP contribution in [0.25, 0.3) is 0 Å². The molecule has 0 aliphatic heterocycles. The van der Waals surface area contributed by atoms with Crippen LogP contribution in [0.15, 0.2) is 0 Å². The van der Waals surface area contributed by atoms with Crippen LogP contribution < -0.4 is 0 Å². The number of nitrogens with zero attached hydrogens (tertiary/aromatic N) is 1. The quantitative estimate of drug-likeness (QED) is 0.621. The lowest BCUT2D eigenvalue weighted by molar-refractivity contribution is 0.537. The van der Waals surface area contributed by atoms with Crippen molar-refractivity contribution in [2.45, 2.75) is 33.1 Å². The van der Waals surface area contributed by atoms with Gasteiger partial charge in [0, 0.05) is 5.69 Å². The van der Waals surface area contributed by atoms with Crippen molar-refractivity contribution in [1.29, 1.82) is 0 Å². The molecule has 2 unspecified atom stereocenters. The van der Waals surface area contributed by atoms with Crippen molar-refractivity contribution < 1.29 is 0 Å². The molecule has 0 radical (unpaired) electrons. The van der Waals surface area contributed by atoms with E-state index >= 15 is 0 Å². The van der Waals surface area contributed by atoms with Crippen LogP contribution in [0.4, 0.5) is 0 Å². The van der Waals surface area contributed by atoms with Crippen molar-refractivity contribution in [1.82, 2.24) is 10.2 Å². The number of fused-ring (bicyclic) bond motifs is 3. The van der Waals surface area contributed by atoms with Gasteiger partial charge in [0.1, 0.15) is 0 Å². The summed E-state index contributed by atoms with van der Waals surface area (Å²) >= 11 is 0. The molecular formula is C10H14N2. The Hall–Kier alpha value is -0.790. The highest BCUT2D eigenvalue weighted by Gasteiger charge is 2.63. The van der Waals surface area contributed by atoms with Gasteiger partial charge in [-0.2, -0.15) is 5.10 Å². The Bertz CT molecular complexity index is 349. The fourth-order valence-corrected chi connectivity index (χ4v) is 2.96. The number of rotatable bonds is 0. The Morgan fingerprint density at radius 1 is 1.50 bits per heavy atom. The molecule has 2 heteroatoms. The van der Waals surface area contributed by atoms with Gasteiger partial charge in [0.25, 0.3) is 0 Å². The third-order valence-electron chi connectivity index (χ3n) is 3.85. The maximum absolute atomic E-state index is 4.32. The molecule has 1 aromatic rings. The van der Waals surface area contributed by atoms with Crippen LogP contribution in [0.5, 0.6) is 0 Å². The van der Waals surface area contributed by atoms with Crippen LogP contribution in [-0.2, 0) is 6.42 Å². The van der Waals surface area contributed by atoms with Crippen LogP contribution in [0.2, 0.25) is 0 Å². The monoisotopic (exact) mass is 162 g/mol. The maximum atomic E-state index is 4.32. The minimum absolute atomic E-state index is 0.557. The van der Waals surface area contributed by atoms with Gasteiger partial charge in [-0.3, -0.25) is 5.10 Å². The van der Waals surface area contributed by atoms with E-state index in [-0.39, 0.29) is 0 Å². The summed E-state index contributed by atoms with van der Waals surface area (Å²) in [5, 5.41) is 7.40. The number of aryl methyl sites for hydroxylation is 1. The first-order valence-electron chi connectivity index (χ1n) is 4.66. The van der Waals surface area contributed by atoms with Gasteiger partial charge in [-0.05, 0) is 36.2 Å². The van der Waals surface area contributed by atoms with Crippen molar-refractivity contribution in [3.63, 3.8) is 0 Å². The van der Waals surface area contributed by atoms with Gasteiger partial charge in [0.2, 0.25) is 0 Å². The van der Waals surface area contributed by atoms with Crippen molar-refractivity contribution in [2.75, 3.05) is 0 Å². The molecule has 0 saturated heterocycles. The normalized spacial score (nSPS) is 34.6. The zero-order valence-corrected chi connectivity index (χ0v) is 7.81. The molecule has 0 spiro atoms. The second-order valence-corrected chi connectivity index (χ2v) is 4.82. The highest BCUT2D eigenvalue weighted by Crippen LogP contribution is 2.70. The van der Waals surface area contributed by atoms with Crippen LogP contribution in [-0.4, -0.2) is 10.2 Å². The Balaban J connectivity index is 2.14. The molecule has 1 fully saturated rings. The Morgan fingerprint density at radius 3 is 3.00 bits per heavy atom. The van der Waals surface area contributed by atoms with E-state index in [0.29, 0.717) is 5.41 Å². The fraction of sp³-hybridized carbons (Fsp3) is 0.700. The summed E-state index contributed by atoms with van der Waals surface area (Å²) in [6.45, 7) is 6.89. The van der Waals surface area contributed by atoms with E-state index in [2.05, 4.69) is 31.0 Å². The number of hydrogen-bond acceptors (Lipinski definition) is 1. The third-order valence-corrected chi connectivity index (χ3v) is 3.85. The SMILES string of the molecule is Cc1[nH]nc2c1C1C(C2)C1(C)C. The van der Waals surface area contributed by atoms with Crippen molar-refractivity contribution in [3.8, 4) is 0 Å². The zero-order chi connectivity index (χ0) is 8.51. The van der Waals surface area contributed by atoms with E-state index in [1.165, 1.54) is 23.4 Å². The van der Waals surface area contributed by atoms with E-state index in [0.717, 1.165) is 11.8 Å². The Kier molecular flexibility index (Phi) is 0.897. The van der Waals surface area contributed by atoms with Gasteiger partial charge in [-0.15, -0.1) is 0 Å². The van der Waals surface area contributed by atoms with E-state index in [4.69, 9.17) is 0 Å². The van der Waals surface area contributed by atoms with Gasteiger partial charge in [0.05, 0.1) is 5.69 Å². The summed E-state index contributed by atoms with van der Waals surface area (Å²) in [6, 6.07) is 0. The summed E-state index contributed by atoms with van der Waals surface area (Å²) in [6.07, 6.45) is 1.21. The van der Waals surface area contributed by atoms with Crippen LogP contribution >= 0.6 is 0 Å². The molecule has 3 rings (SSSR count). The van der Waals surface area contributed by atoms with Gasteiger partial charge in [-0.1, -0.05) is 13.8 Å². The van der Waals surface area contributed by atoms with Gasteiger partial charge in [-0.25, -0.2) is 0 Å². The van der Waals surface area contributed by atoms with Crippen molar-refractivity contribution >= 4 is 0 Å². The molecule has 2 aliphatic carbocycles. The molecule has 64 valence electrons. The topological polar surface area (TPSA) is 28.7 Å². The Morgan fingerprint density at radius 2 is 2.25 bits per heavy atom. The summed E-state index contributed by atoms with van der Waals surface area (Å²) in [5.74, 6) is 1.70. The van der Waals surface area contributed by atoms with E-state index in [1.54, 1.807) is 0 Å². The number of hydrogen-bond donors (Lipinski definition) is 1. The average molecular weight is 162 g/mol. The highest BCUT2D eigenvalue weighted by atomic mass is 15.1. The second kappa shape index (κ2) is 1.61. The summed E-state index contributed by atoms with van der Waals surface area (Å²) in [7, 11) is 0. The predicted octanol–water partition coefficient (Wildman–Crippen LogP) is 2.01. The first-order chi connectivity index (χ1) is 5.62. The smallest absolute Gasteiger partial charge is 0.0663 e. The first-order valence-corrected chi connectivity index (χ1v) is 4.66. The maximum Gasteiger partial charge on any atom is 0.0663 e. The third kappa shape index (κ3) is 0.530. The molecule has 0 bridgehead atoms. The van der Waals surface area contributed by atoms with Crippen LogP contribution in [0.1, 0.15) is 36.7 Å². The van der Waals surface area contributed by atoms with E-state index in [1.807, 2.05) is 0 Å². The fourth-order valence-electron chi connectivity index (χ4n) is 2.96. The minimum atomic E-state index is 0.557. The van der Waals surface area contributed by atoms with Crippen LogP contribution in [0.3, 0.4) is 0 Å². The number of aromatic nitrogens is 2. The zero-order valence-electron chi connectivity index (χ0n) is 7.81. The minimum Gasteiger partial charge on any atom is -0.282 e. The lowest BCUT2D eigenvalue weighted by Gasteiger charge is -2.06. The molecule has 1 N–H and O–H groups in total. The first kappa shape index (κ1) is 6.70. The molecule has 2 atom stereocenters. The lowest BCUT2D eigenvalue weighted by Crippen LogP contribution is -1.99. The lowest BCUT2D eigenvalue weighted by atomic mass is 9.98. The van der Waals surface area contributed by atoms with Gasteiger partial charge in [0.15, 0.2) is 0 Å². The largest absolute Gasteiger partial charge is 0.282 e. The molecule has 1 heterocycles. The van der Waals surface area contributed by atoms with Gasteiger partial charge < -0.3 is 0 Å². The Labute approximate surface area is 72.4 Å². The number of aromatic amines is 1. The second-order valence-electron chi connectivity index (χ2n) is 4.82. The molecule has 2 nitrogen and oxygen atoms in total. The predicted molar refractivity (Wildman–Crippen MR) is 47.0 cm³/mol. The molecule has 0 amide bonds. The summed E-state index contributed by atoms with van der Waals surface area (Å²) in [4.78, 5) is 0. The standard InChI is InChI=1S/C10H14N2/c1-5-8-7(12-11-5)4-6-9(8)10(6,2)3/h6,9H,4H2,1-3H3,(H,11,12). The van der Waals surface area contributed by atoms with Crippen molar-refractivity contribution in [2.24, 2.45) is 11.3 Å². The average Bonchev–Trinajstić information content (AvgIpc) is 2.41. The number of nitrogens with one attached hydrogen (secondary N) is 1. The highest BCUT2D eigenvalue weighted by molar-refractivity contribution is 5.44. The molecule has 0 aromatic carbocycles. The molecule has 2 aliphatic rings.